The number of benzene rings is 1. The molecular formula is C16H25N3O2. The molecule has 2 rings (SSSR count). The Labute approximate surface area is 126 Å². The molecule has 1 heterocycles. The Kier molecular flexibility index (Phi) is 6.50. The molecule has 21 heavy (non-hydrogen) atoms. The third kappa shape index (κ3) is 5.73. The highest BCUT2D eigenvalue weighted by Crippen LogP contribution is 2.09. The zero-order valence-electron chi connectivity index (χ0n) is 12.7. The van der Waals surface area contributed by atoms with E-state index in [1.807, 2.05) is 6.92 Å². The van der Waals surface area contributed by atoms with Gasteiger partial charge in [0, 0.05) is 32.7 Å². The first-order valence-corrected chi connectivity index (χ1v) is 7.67. The van der Waals surface area contributed by atoms with Crippen LogP contribution in [0, 0.1) is 0 Å². The summed E-state index contributed by atoms with van der Waals surface area (Å²) in [5.41, 5.74) is 2.42. The van der Waals surface area contributed by atoms with E-state index in [2.05, 4.69) is 39.8 Å². The van der Waals surface area contributed by atoms with E-state index in [4.69, 9.17) is 4.74 Å². The lowest BCUT2D eigenvalue weighted by molar-refractivity contribution is 0.0342. The molecular weight excluding hydrogens is 266 g/mol. The number of carbonyl (C=O) groups excluding carboxylic acids is 1. The molecule has 0 bridgehead atoms. The molecule has 1 aromatic rings. The van der Waals surface area contributed by atoms with Gasteiger partial charge in [0.2, 0.25) is 0 Å². The van der Waals surface area contributed by atoms with Gasteiger partial charge in [-0.3, -0.25) is 4.90 Å². The molecule has 0 atom stereocenters. The zero-order chi connectivity index (χ0) is 14.9. The number of amides is 2. The van der Waals surface area contributed by atoms with Crippen LogP contribution in [0.1, 0.15) is 24.5 Å². The summed E-state index contributed by atoms with van der Waals surface area (Å²) < 4.78 is 5.35. The number of morpholine rings is 1. The van der Waals surface area contributed by atoms with Crippen LogP contribution in [0.25, 0.3) is 0 Å². The molecule has 1 saturated heterocycles. The molecule has 0 unspecified atom stereocenters. The van der Waals surface area contributed by atoms with E-state index in [0.29, 0.717) is 13.1 Å². The predicted molar refractivity (Wildman–Crippen MR) is 83.1 cm³/mol. The van der Waals surface area contributed by atoms with Crippen LogP contribution in [0.5, 0.6) is 0 Å². The molecule has 0 radical (unpaired) electrons. The monoisotopic (exact) mass is 291 g/mol. The van der Waals surface area contributed by atoms with E-state index in [-0.39, 0.29) is 6.03 Å². The lowest BCUT2D eigenvalue weighted by Gasteiger charge is -2.26. The third-order valence-electron chi connectivity index (χ3n) is 3.52. The van der Waals surface area contributed by atoms with Gasteiger partial charge in [0.1, 0.15) is 0 Å². The van der Waals surface area contributed by atoms with Gasteiger partial charge in [-0.2, -0.15) is 0 Å². The summed E-state index contributed by atoms with van der Waals surface area (Å²) in [5.74, 6) is 0. The predicted octanol–water partition coefficient (Wildman–Crippen LogP) is 1.73. The summed E-state index contributed by atoms with van der Waals surface area (Å²) >= 11 is 0. The normalized spacial score (nSPS) is 15.7. The molecule has 0 saturated carbocycles. The molecule has 2 N–H and O–H groups in total. The van der Waals surface area contributed by atoms with E-state index < -0.39 is 0 Å². The van der Waals surface area contributed by atoms with Gasteiger partial charge < -0.3 is 15.4 Å². The topological polar surface area (TPSA) is 53.6 Å². The number of nitrogens with one attached hydrogen (secondary N) is 2. The van der Waals surface area contributed by atoms with Crippen molar-refractivity contribution < 1.29 is 9.53 Å². The van der Waals surface area contributed by atoms with Crippen molar-refractivity contribution in [2.24, 2.45) is 0 Å². The minimum absolute atomic E-state index is 0.103. The highest BCUT2D eigenvalue weighted by atomic mass is 16.5. The number of ether oxygens (including phenoxy) is 1. The Morgan fingerprint density at radius 3 is 2.48 bits per heavy atom. The highest BCUT2D eigenvalue weighted by molar-refractivity contribution is 5.73. The summed E-state index contributed by atoms with van der Waals surface area (Å²) in [6.07, 6.45) is 0.948. The van der Waals surface area contributed by atoms with Crippen molar-refractivity contribution >= 4 is 6.03 Å². The van der Waals surface area contributed by atoms with Crippen LogP contribution < -0.4 is 10.6 Å². The molecule has 5 nitrogen and oxygen atoms in total. The second-order valence-electron chi connectivity index (χ2n) is 5.31. The Morgan fingerprint density at radius 1 is 1.14 bits per heavy atom. The molecule has 1 aliphatic rings. The van der Waals surface area contributed by atoms with Crippen LogP contribution in [-0.4, -0.2) is 43.8 Å². The van der Waals surface area contributed by atoms with Crippen molar-refractivity contribution in [3.8, 4) is 0 Å². The van der Waals surface area contributed by atoms with Crippen molar-refractivity contribution in [1.82, 2.24) is 15.5 Å². The summed E-state index contributed by atoms with van der Waals surface area (Å²) in [6, 6.07) is 8.33. The largest absolute Gasteiger partial charge is 0.379 e. The number of hydrogen-bond donors (Lipinski definition) is 2. The van der Waals surface area contributed by atoms with Crippen molar-refractivity contribution in [2.75, 3.05) is 32.8 Å². The van der Waals surface area contributed by atoms with Crippen LogP contribution in [-0.2, 0) is 17.8 Å². The molecule has 116 valence electrons. The smallest absolute Gasteiger partial charge is 0.315 e. The standard InChI is InChI=1S/C16H25N3O2/c1-2-7-17-16(20)18-12-14-3-5-15(6-4-14)13-19-8-10-21-11-9-19/h3-6H,2,7-13H2,1H3,(H2,17,18,20). The fraction of sp³-hybridized carbons (Fsp3) is 0.562. The van der Waals surface area contributed by atoms with Gasteiger partial charge in [0.25, 0.3) is 0 Å². The average Bonchev–Trinajstić information content (AvgIpc) is 2.53. The minimum Gasteiger partial charge on any atom is -0.379 e. The summed E-state index contributed by atoms with van der Waals surface area (Å²) in [5, 5.41) is 5.66. The number of nitrogens with zero attached hydrogens (tertiary/aromatic N) is 1. The fourth-order valence-corrected chi connectivity index (χ4v) is 2.26. The molecule has 5 heteroatoms. The van der Waals surface area contributed by atoms with Gasteiger partial charge in [-0.25, -0.2) is 4.79 Å². The van der Waals surface area contributed by atoms with Gasteiger partial charge in [-0.05, 0) is 17.5 Å². The van der Waals surface area contributed by atoms with Crippen LogP contribution in [0.15, 0.2) is 24.3 Å². The lowest BCUT2D eigenvalue weighted by Crippen LogP contribution is -2.35. The maximum atomic E-state index is 11.5. The van der Waals surface area contributed by atoms with Crippen LogP contribution >= 0.6 is 0 Å². The van der Waals surface area contributed by atoms with Gasteiger partial charge >= 0.3 is 6.03 Å². The number of carbonyl (C=O) groups is 1. The van der Waals surface area contributed by atoms with Crippen molar-refractivity contribution in [3.05, 3.63) is 35.4 Å². The zero-order valence-corrected chi connectivity index (χ0v) is 12.7. The maximum Gasteiger partial charge on any atom is 0.315 e. The van der Waals surface area contributed by atoms with Gasteiger partial charge in [0.05, 0.1) is 13.2 Å². The van der Waals surface area contributed by atoms with Gasteiger partial charge in [-0.1, -0.05) is 31.2 Å². The van der Waals surface area contributed by atoms with Crippen molar-refractivity contribution in [3.63, 3.8) is 0 Å². The first kappa shape index (κ1) is 15.8. The van der Waals surface area contributed by atoms with Gasteiger partial charge in [0.15, 0.2) is 0 Å². The molecule has 1 aromatic carbocycles. The Bertz CT molecular complexity index is 428. The van der Waals surface area contributed by atoms with Crippen molar-refractivity contribution in [1.29, 1.82) is 0 Å². The Morgan fingerprint density at radius 2 is 1.81 bits per heavy atom. The molecule has 0 aliphatic carbocycles. The molecule has 1 fully saturated rings. The highest BCUT2D eigenvalue weighted by Gasteiger charge is 2.10. The first-order chi connectivity index (χ1) is 10.3. The summed E-state index contributed by atoms with van der Waals surface area (Å²) in [7, 11) is 0. The van der Waals surface area contributed by atoms with Crippen LogP contribution in [0.2, 0.25) is 0 Å². The first-order valence-electron chi connectivity index (χ1n) is 7.67. The summed E-state index contributed by atoms with van der Waals surface area (Å²) in [6.45, 7) is 7.94. The van der Waals surface area contributed by atoms with E-state index in [1.54, 1.807) is 0 Å². The minimum atomic E-state index is -0.103. The average molecular weight is 291 g/mol. The maximum absolute atomic E-state index is 11.5. The second kappa shape index (κ2) is 8.64. The number of hydrogen-bond acceptors (Lipinski definition) is 3. The fourth-order valence-electron chi connectivity index (χ4n) is 2.26. The molecule has 0 spiro atoms. The van der Waals surface area contributed by atoms with Crippen LogP contribution in [0.4, 0.5) is 4.79 Å². The molecule has 1 aliphatic heterocycles. The Hall–Kier alpha value is -1.59. The molecule has 2 amide bonds. The van der Waals surface area contributed by atoms with E-state index in [0.717, 1.165) is 44.8 Å². The van der Waals surface area contributed by atoms with Crippen molar-refractivity contribution in [2.45, 2.75) is 26.4 Å². The molecule has 0 aromatic heterocycles. The van der Waals surface area contributed by atoms with E-state index in [9.17, 15) is 4.79 Å². The quantitative estimate of drug-likeness (QED) is 0.839. The van der Waals surface area contributed by atoms with E-state index in [1.165, 1.54) is 5.56 Å². The van der Waals surface area contributed by atoms with E-state index >= 15 is 0 Å². The third-order valence-corrected chi connectivity index (χ3v) is 3.52. The Balaban J connectivity index is 1.74. The number of urea groups is 1. The second-order valence-corrected chi connectivity index (χ2v) is 5.31. The summed E-state index contributed by atoms with van der Waals surface area (Å²) in [4.78, 5) is 13.9. The van der Waals surface area contributed by atoms with Crippen LogP contribution in [0.3, 0.4) is 0 Å². The lowest BCUT2D eigenvalue weighted by atomic mass is 10.1. The number of rotatable bonds is 6. The SMILES string of the molecule is CCCNC(=O)NCc1ccc(CN2CCOCC2)cc1. The van der Waals surface area contributed by atoms with Gasteiger partial charge in [-0.15, -0.1) is 0 Å².